The van der Waals surface area contributed by atoms with Crippen LogP contribution in [-0.2, 0) is 0 Å². The van der Waals surface area contributed by atoms with E-state index in [1.807, 2.05) is 24.3 Å². The lowest BCUT2D eigenvalue weighted by Crippen LogP contribution is -2.30. The van der Waals surface area contributed by atoms with E-state index in [0.717, 1.165) is 30.2 Å². The van der Waals surface area contributed by atoms with Crippen LogP contribution in [0.2, 0.25) is 5.02 Å². The quantitative estimate of drug-likeness (QED) is 0.888. The number of aromatic nitrogens is 1. The number of piperidine rings is 1. The minimum absolute atomic E-state index is 0.170. The normalized spacial score (nSPS) is 23.4. The number of H-pyrrole nitrogens is 1. The molecule has 1 saturated heterocycles. The van der Waals surface area contributed by atoms with Crippen LogP contribution in [0.4, 0.5) is 0 Å². The highest BCUT2D eigenvalue weighted by Gasteiger charge is 2.26. The Labute approximate surface area is 115 Å². The third kappa shape index (κ3) is 2.74. The molecule has 0 aliphatic carbocycles. The summed E-state index contributed by atoms with van der Waals surface area (Å²) in [7, 11) is 0. The summed E-state index contributed by atoms with van der Waals surface area (Å²) in [5.74, 6) is 1.03. The molecule has 0 spiro atoms. The average molecular weight is 279 g/mol. The van der Waals surface area contributed by atoms with E-state index in [1.54, 1.807) is 6.07 Å². The SMILES string of the molecule is O=c1cc([C@H]2CCN[C@@H](c3ccc(Cl)cc3)C2)o[nH]1. The number of hydrogen-bond acceptors (Lipinski definition) is 3. The highest BCUT2D eigenvalue weighted by molar-refractivity contribution is 6.30. The zero-order chi connectivity index (χ0) is 13.2. The second-order valence-corrected chi connectivity index (χ2v) is 5.33. The van der Waals surface area contributed by atoms with E-state index in [9.17, 15) is 4.79 Å². The van der Waals surface area contributed by atoms with E-state index in [4.69, 9.17) is 16.1 Å². The van der Waals surface area contributed by atoms with Crippen molar-refractivity contribution in [2.45, 2.75) is 24.8 Å². The summed E-state index contributed by atoms with van der Waals surface area (Å²) < 4.78 is 5.22. The zero-order valence-electron chi connectivity index (χ0n) is 10.4. The van der Waals surface area contributed by atoms with Crippen LogP contribution in [0.3, 0.4) is 0 Å². The van der Waals surface area contributed by atoms with Gasteiger partial charge in [-0.25, -0.2) is 0 Å². The molecule has 0 radical (unpaired) electrons. The van der Waals surface area contributed by atoms with Gasteiger partial charge in [0.2, 0.25) is 0 Å². The van der Waals surface area contributed by atoms with Crippen molar-refractivity contribution in [1.29, 1.82) is 0 Å². The summed E-state index contributed by atoms with van der Waals surface area (Å²) in [5.41, 5.74) is 1.04. The maximum atomic E-state index is 11.1. The first-order chi connectivity index (χ1) is 9.22. The van der Waals surface area contributed by atoms with E-state index >= 15 is 0 Å². The zero-order valence-corrected chi connectivity index (χ0v) is 11.1. The molecule has 100 valence electrons. The number of aromatic amines is 1. The van der Waals surface area contributed by atoms with Gasteiger partial charge in [-0.2, -0.15) is 5.16 Å². The lowest BCUT2D eigenvalue weighted by atomic mass is 9.87. The topological polar surface area (TPSA) is 58.0 Å². The molecule has 5 heteroatoms. The first-order valence-corrected chi connectivity index (χ1v) is 6.77. The van der Waals surface area contributed by atoms with E-state index in [1.165, 1.54) is 5.56 Å². The van der Waals surface area contributed by atoms with E-state index in [-0.39, 0.29) is 17.5 Å². The molecule has 4 nitrogen and oxygen atoms in total. The summed E-state index contributed by atoms with van der Waals surface area (Å²) in [4.78, 5) is 11.1. The van der Waals surface area contributed by atoms with Crippen LogP contribution in [0.25, 0.3) is 0 Å². The average Bonchev–Trinajstić information content (AvgIpc) is 2.86. The lowest BCUT2D eigenvalue weighted by molar-refractivity contribution is 0.295. The van der Waals surface area contributed by atoms with Crippen molar-refractivity contribution in [3.05, 3.63) is 57.0 Å². The van der Waals surface area contributed by atoms with E-state index < -0.39 is 0 Å². The smallest absolute Gasteiger partial charge is 0.280 e. The molecule has 3 rings (SSSR count). The third-order valence-corrected chi connectivity index (χ3v) is 3.87. The van der Waals surface area contributed by atoms with Crippen LogP contribution < -0.4 is 10.9 Å². The van der Waals surface area contributed by atoms with Crippen molar-refractivity contribution in [3.8, 4) is 0 Å². The standard InChI is InChI=1S/C14H15ClN2O2/c15-11-3-1-9(2-4-11)12-7-10(5-6-16-12)13-8-14(18)17-19-13/h1-4,8,10,12,16H,5-7H2,(H,17,18)/t10-,12+/m0/s1. The first kappa shape index (κ1) is 12.5. The molecule has 1 aromatic heterocycles. The number of benzene rings is 1. The number of nitrogens with one attached hydrogen (secondary N) is 2. The Bertz CT molecular complexity index is 602. The van der Waals surface area contributed by atoms with Gasteiger partial charge in [0.1, 0.15) is 5.76 Å². The van der Waals surface area contributed by atoms with Gasteiger partial charge < -0.3 is 9.84 Å². The molecular formula is C14H15ClN2O2. The number of hydrogen-bond donors (Lipinski definition) is 2. The number of rotatable bonds is 2. The summed E-state index contributed by atoms with van der Waals surface area (Å²) in [6.45, 7) is 0.910. The minimum Gasteiger partial charge on any atom is -0.383 e. The van der Waals surface area contributed by atoms with Gasteiger partial charge in [0.15, 0.2) is 0 Å². The highest BCUT2D eigenvalue weighted by Crippen LogP contribution is 2.33. The molecule has 1 aromatic carbocycles. The fraction of sp³-hybridized carbons (Fsp3) is 0.357. The van der Waals surface area contributed by atoms with Crippen LogP contribution >= 0.6 is 11.6 Å². The van der Waals surface area contributed by atoms with Crippen LogP contribution in [0.1, 0.15) is 36.1 Å². The molecule has 2 aromatic rings. The fourth-order valence-corrected chi connectivity index (χ4v) is 2.75. The third-order valence-electron chi connectivity index (χ3n) is 3.62. The van der Waals surface area contributed by atoms with Crippen LogP contribution in [-0.4, -0.2) is 11.7 Å². The van der Waals surface area contributed by atoms with Gasteiger partial charge in [-0.05, 0) is 37.1 Å². The Morgan fingerprint density at radius 3 is 2.74 bits per heavy atom. The maximum Gasteiger partial charge on any atom is 0.280 e. The van der Waals surface area contributed by atoms with Crippen molar-refractivity contribution >= 4 is 11.6 Å². The molecule has 0 unspecified atom stereocenters. The predicted molar refractivity (Wildman–Crippen MR) is 73.5 cm³/mol. The van der Waals surface area contributed by atoms with Crippen molar-refractivity contribution in [2.24, 2.45) is 0 Å². The second kappa shape index (κ2) is 5.23. The molecule has 2 N–H and O–H groups in total. The molecule has 19 heavy (non-hydrogen) atoms. The van der Waals surface area contributed by atoms with Crippen molar-refractivity contribution in [3.63, 3.8) is 0 Å². The monoisotopic (exact) mass is 278 g/mol. The molecule has 0 bridgehead atoms. The Morgan fingerprint density at radius 1 is 1.26 bits per heavy atom. The summed E-state index contributed by atoms with van der Waals surface area (Å²) in [5, 5.41) is 6.59. The second-order valence-electron chi connectivity index (χ2n) is 4.89. The predicted octanol–water partition coefficient (Wildman–Crippen LogP) is 2.83. The van der Waals surface area contributed by atoms with Crippen LogP contribution in [0.15, 0.2) is 39.6 Å². The van der Waals surface area contributed by atoms with Gasteiger partial charge in [-0.1, -0.05) is 23.7 Å². The van der Waals surface area contributed by atoms with Gasteiger partial charge in [0.25, 0.3) is 5.56 Å². The molecule has 1 fully saturated rings. The fourth-order valence-electron chi connectivity index (χ4n) is 2.62. The lowest BCUT2D eigenvalue weighted by Gasteiger charge is -2.29. The van der Waals surface area contributed by atoms with Gasteiger partial charge in [0, 0.05) is 23.0 Å². The van der Waals surface area contributed by atoms with Crippen LogP contribution in [0.5, 0.6) is 0 Å². The molecule has 1 aliphatic heterocycles. The van der Waals surface area contributed by atoms with Crippen molar-refractivity contribution in [2.75, 3.05) is 6.54 Å². The Balaban J connectivity index is 1.78. The van der Waals surface area contributed by atoms with Gasteiger partial charge in [-0.15, -0.1) is 0 Å². The highest BCUT2D eigenvalue weighted by atomic mass is 35.5. The van der Waals surface area contributed by atoms with Gasteiger partial charge >= 0.3 is 0 Å². The van der Waals surface area contributed by atoms with E-state index in [2.05, 4.69) is 10.5 Å². The number of halogens is 1. The Kier molecular flexibility index (Phi) is 3.44. The molecule has 2 atom stereocenters. The molecular weight excluding hydrogens is 264 g/mol. The maximum absolute atomic E-state index is 11.1. The summed E-state index contributed by atoms with van der Waals surface area (Å²) >= 11 is 5.90. The Morgan fingerprint density at radius 2 is 2.05 bits per heavy atom. The molecule has 2 heterocycles. The van der Waals surface area contributed by atoms with Crippen molar-refractivity contribution in [1.82, 2.24) is 10.5 Å². The minimum atomic E-state index is -0.170. The summed E-state index contributed by atoms with van der Waals surface area (Å²) in [6.07, 6.45) is 1.90. The van der Waals surface area contributed by atoms with Gasteiger partial charge in [0.05, 0.1) is 0 Å². The molecule has 0 saturated carbocycles. The van der Waals surface area contributed by atoms with Crippen molar-refractivity contribution < 1.29 is 4.52 Å². The molecule has 0 amide bonds. The summed E-state index contributed by atoms with van der Waals surface area (Å²) in [6, 6.07) is 9.70. The van der Waals surface area contributed by atoms with Gasteiger partial charge in [-0.3, -0.25) is 4.79 Å². The first-order valence-electron chi connectivity index (χ1n) is 6.39. The van der Waals surface area contributed by atoms with E-state index in [0.29, 0.717) is 0 Å². The van der Waals surface area contributed by atoms with Crippen LogP contribution in [0, 0.1) is 0 Å². The largest absolute Gasteiger partial charge is 0.383 e. The Hall–Kier alpha value is -1.52. The molecule has 1 aliphatic rings.